The van der Waals surface area contributed by atoms with Crippen LogP contribution in [0.25, 0.3) is 94.2 Å². The van der Waals surface area contributed by atoms with Gasteiger partial charge in [0.05, 0.1) is 16.7 Å². The summed E-state index contributed by atoms with van der Waals surface area (Å²) in [6.07, 6.45) is 10.5. The SMILES string of the molecule is CC(C)(C)c1ccnc(-n2c3[c-]c(Oc4[c-]c(-n5[c-][n+](-c6c(-c7ccc8c(c7)C(C)(C)CCC8(C)C)cccc6-c6ccc7c(c6)C(C)(C)CCC7(C)C)c6ccccc65)ccc4)ccc3c3c4c(ccc32)oc2ccccc24)c1.[Pt]. The summed E-state index contributed by atoms with van der Waals surface area (Å²) in [6.45, 7) is 26.0. The number of aromatic nitrogens is 4. The van der Waals surface area contributed by atoms with Crippen LogP contribution in [0.15, 0.2) is 168 Å². The summed E-state index contributed by atoms with van der Waals surface area (Å²) < 4.78 is 20.0. The van der Waals surface area contributed by atoms with Crippen LogP contribution < -0.4 is 9.30 Å². The molecule has 12 aromatic rings. The third-order valence-electron chi connectivity index (χ3n) is 18.4. The van der Waals surface area contributed by atoms with Gasteiger partial charge in [-0.3, -0.25) is 4.57 Å². The van der Waals surface area contributed by atoms with E-state index >= 15 is 0 Å². The number of hydrogen-bond acceptors (Lipinski definition) is 3. The first-order valence-electron chi connectivity index (χ1n) is 28.6. The Labute approximate surface area is 490 Å². The number of imidazole rings is 1. The van der Waals surface area contributed by atoms with Crippen LogP contribution in [0.3, 0.4) is 0 Å². The fourth-order valence-corrected chi connectivity index (χ4v) is 13.4. The number of para-hydroxylation sites is 4. The number of furan rings is 1. The van der Waals surface area contributed by atoms with Crippen LogP contribution in [0.5, 0.6) is 11.5 Å². The van der Waals surface area contributed by atoms with Crippen LogP contribution in [0.1, 0.15) is 130 Å². The molecule has 0 amide bonds. The van der Waals surface area contributed by atoms with Crippen molar-refractivity contribution >= 4 is 54.8 Å². The molecule has 8 aromatic carbocycles. The molecule has 7 heteroatoms. The molecule has 0 unspecified atom stereocenters. The number of rotatable bonds is 7. The van der Waals surface area contributed by atoms with Crippen LogP contribution >= 0.6 is 0 Å². The van der Waals surface area contributed by atoms with Gasteiger partial charge in [-0.15, -0.1) is 29.7 Å². The topological polar surface area (TPSA) is 49.0 Å². The average Bonchev–Trinajstić information content (AvgIpc) is 4.23. The maximum Gasteiger partial charge on any atom is 0.268 e. The van der Waals surface area contributed by atoms with Crippen molar-refractivity contribution < 1.29 is 34.8 Å². The van der Waals surface area contributed by atoms with Crippen molar-refractivity contribution in [3.8, 4) is 50.9 Å². The minimum absolute atomic E-state index is 0. The molecule has 0 saturated heterocycles. The smallest absolute Gasteiger partial charge is 0.268 e. The van der Waals surface area contributed by atoms with E-state index in [9.17, 15) is 0 Å². The van der Waals surface area contributed by atoms with E-state index in [0.717, 1.165) is 95.9 Å². The number of fused-ring (bicyclic) bond motifs is 10. The number of ether oxygens (including phenoxy) is 1. The molecular weight excluding hydrogens is 1170 g/mol. The largest absolute Gasteiger partial charge is 0.510 e. The maximum absolute atomic E-state index is 6.87. The monoisotopic (exact) mass is 1240 g/mol. The summed E-state index contributed by atoms with van der Waals surface area (Å²) in [5.41, 5.74) is 19.5. The molecule has 0 fully saturated rings. The van der Waals surface area contributed by atoms with Gasteiger partial charge in [0.1, 0.15) is 17.0 Å². The molecule has 2 aliphatic rings. The van der Waals surface area contributed by atoms with Gasteiger partial charge in [0, 0.05) is 55.1 Å². The summed E-state index contributed by atoms with van der Waals surface area (Å²) in [6, 6.07) is 64.6. The van der Waals surface area contributed by atoms with E-state index in [-0.39, 0.29) is 48.1 Å². The van der Waals surface area contributed by atoms with E-state index in [1.807, 2.05) is 36.5 Å². The van der Waals surface area contributed by atoms with Gasteiger partial charge in [-0.2, -0.15) is 18.2 Å². The van der Waals surface area contributed by atoms with E-state index in [4.69, 9.17) is 14.1 Å². The molecule has 14 rings (SSSR count). The summed E-state index contributed by atoms with van der Waals surface area (Å²) >= 11 is 0. The third kappa shape index (κ3) is 8.61. The third-order valence-corrected chi connectivity index (χ3v) is 18.4. The zero-order valence-electron chi connectivity index (χ0n) is 48.3. The zero-order valence-corrected chi connectivity index (χ0v) is 50.6. The van der Waals surface area contributed by atoms with Crippen molar-refractivity contribution in [2.24, 2.45) is 0 Å². The van der Waals surface area contributed by atoms with Crippen molar-refractivity contribution in [2.75, 3.05) is 0 Å². The van der Waals surface area contributed by atoms with Gasteiger partial charge >= 0.3 is 0 Å². The van der Waals surface area contributed by atoms with Gasteiger partial charge in [0.25, 0.3) is 6.33 Å². The van der Waals surface area contributed by atoms with Crippen molar-refractivity contribution in [3.05, 3.63) is 210 Å². The molecule has 0 bridgehead atoms. The molecule has 408 valence electrons. The molecule has 81 heavy (non-hydrogen) atoms. The van der Waals surface area contributed by atoms with Gasteiger partial charge in [0.15, 0.2) is 0 Å². The first kappa shape index (κ1) is 52.8. The zero-order chi connectivity index (χ0) is 55.3. The van der Waals surface area contributed by atoms with Gasteiger partial charge in [-0.25, -0.2) is 4.98 Å². The normalized spacial score (nSPS) is 16.2. The molecule has 0 saturated carbocycles. The minimum atomic E-state index is -0.0796. The predicted octanol–water partition coefficient (Wildman–Crippen LogP) is 18.8. The van der Waals surface area contributed by atoms with Crippen LogP contribution in [0.4, 0.5) is 0 Å². The molecule has 6 nitrogen and oxygen atoms in total. The molecule has 2 aliphatic carbocycles. The standard InChI is InChI=1S/C74H68N4O2.Pt/c1-70(2,3)48-34-39-75-66(42-48)78-62-32-33-65-68(55-20-12-15-25-64(55)80-65)67(62)54-29-28-51(44-63(54)78)79-50-19-16-18-49(43-50)76-45-77(61-24-14-13-23-60(61)76)69-52(46-26-30-56-58(40-46)73(8,9)37-35-71(56,4)5)21-17-22-53(69)47-27-31-57-59(41-47)74(10,11)38-36-72(57,6)7;/h12-34,39-42H,35-38H2,1-11H3;/q-2;. The molecule has 0 aliphatic heterocycles. The Balaban J connectivity index is 0.00000618. The van der Waals surface area contributed by atoms with E-state index in [1.54, 1.807) is 0 Å². The van der Waals surface area contributed by atoms with Gasteiger partial charge in [-0.1, -0.05) is 179 Å². The fraction of sp³-hybridized carbons (Fsp3) is 0.270. The van der Waals surface area contributed by atoms with Gasteiger partial charge in [-0.05, 0) is 144 Å². The van der Waals surface area contributed by atoms with Crippen molar-refractivity contribution in [1.82, 2.24) is 14.1 Å². The first-order chi connectivity index (χ1) is 38.2. The minimum Gasteiger partial charge on any atom is -0.510 e. The Bertz CT molecular complexity index is 4420. The molecule has 4 heterocycles. The number of hydrogen-bond donors (Lipinski definition) is 0. The number of nitrogens with zero attached hydrogens (tertiary/aromatic N) is 4. The summed E-state index contributed by atoms with van der Waals surface area (Å²) in [5, 5.41) is 4.27. The number of pyridine rings is 1. The predicted molar refractivity (Wildman–Crippen MR) is 327 cm³/mol. The van der Waals surface area contributed by atoms with Gasteiger partial charge < -0.3 is 18.3 Å². The van der Waals surface area contributed by atoms with E-state index in [1.165, 1.54) is 51.8 Å². The Morgan fingerprint density at radius 3 is 1.84 bits per heavy atom. The Morgan fingerprint density at radius 1 is 0.543 bits per heavy atom. The number of benzene rings is 8. The Morgan fingerprint density at radius 2 is 1.16 bits per heavy atom. The van der Waals surface area contributed by atoms with E-state index < -0.39 is 0 Å². The summed E-state index contributed by atoms with van der Waals surface area (Å²) in [5.74, 6) is 1.95. The second kappa shape index (κ2) is 18.8. The van der Waals surface area contributed by atoms with Crippen LogP contribution in [0, 0.1) is 18.5 Å². The molecule has 4 aromatic heterocycles. The molecular formula is C74H68N4O2Pt-2. The van der Waals surface area contributed by atoms with Crippen molar-refractivity contribution in [3.63, 3.8) is 0 Å². The van der Waals surface area contributed by atoms with Crippen LogP contribution in [0.2, 0.25) is 0 Å². The fourth-order valence-electron chi connectivity index (χ4n) is 13.4. The van der Waals surface area contributed by atoms with Crippen LogP contribution in [-0.4, -0.2) is 14.1 Å². The quantitative estimate of drug-likeness (QED) is 0.118. The molecule has 0 N–H and O–H groups in total. The molecule has 0 atom stereocenters. The van der Waals surface area contributed by atoms with Crippen molar-refractivity contribution in [1.29, 1.82) is 0 Å². The van der Waals surface area contributed by atoms with E-state index in [0.29, 0.717) is 11.5 Å². The second-order valence-corrected chi connectivity index (χ2v) is 26.5. The molecule has 0 spiro atoms. The Hall–Kier alpha value is -7.53. The van der Waals surface area contributed by atoms with Gasteiger partial charge in [0.2, 0.25) is 0 Å². The van der Waals surface area contributed by atoms with Crippen molar-refractivity contribution in [2.45, 2.75) is 129 Å². The second-order valence-electron chi connectivity index (χ2n) is 26.5. The first-order valence-corrected chi connectivity index (χ1v) is 28.6. The Kier molecular flexibility index (Phi) is 12.2. The van der Waals surface area contributed by atoms with E-state index in [2.05, 4.69) is 236 Å². The maximum atomic E-state index is 6.87. The summed E-state index contributed by atoms with van der Waals surface area (Å²) in [7, 11) is 0. The molecule has 0 radical (unpaired) electrons. The average molecular weight is 1240 g/mol. The van der Waals surface area contributed by atoms with Crippen LogP contribution in [-0.2, 0) is 48.1 Å². The summed E-state index contributed by atoms with van der Waals surface area (Å²) in [4.78, 5) is 5.00.